The predicted octanol–water partition coefficient (Wildman–Crippen LogP) is 0.979. The van der Waals surface area contributed by atoms with Gasteiger partial charge in [0.25, 0.3) is 0 Å². The van der Waals surface area contributed by atoms with Crippen LogP contribution in [0.4, 0.5) is 0 Å². The van der Waals surface area contributed by atoms with Gasteiger partial charge in [-0.15, -0.1) is 0 Å². The predicted molar refractivity (Wildman–Crippen MR) is 55.8 cm³/mol. The Morgan fingerprint density at radius 2 is 1.87 bits per heavy atom. The fourth-order valence-corrected chi connectivity index (χ4v) is 2.32. The Hall–Kier alpha value is -0.160. The van der Waals surface area contributed by atoms with Crippen LogP contribution in [0.2, 0.25) is 0 Å². The molecule has 1 unspecified atom stereocenters. The molecule has 5 heteroatoms. The Bertz CT molecular complexity index is 243. The third-order valence-electron chi connectivity index (χ3n) is 3.25. The molecule has 1 spiro atoms. The van der Waals surface area contributed by atoms with Crippen molar-refractivity contribution in [3.8, 4) is 0 Å². The Kier molecular flexibility index (Phi) is 3.30. The molecule has 15 heavy (non-hydrogen) atoms. The van der Waals surface area contributed by atoms with Gasteiger partial charge in [0.15, 0.2) is 5.79 Å². The van der Waals surface area contributed by atoms with E-state index in [2.05, 4.69) is 4.90 Å². The highest BCUT2D eigenvalue weighted by Crippen LogP contribution is 2.31. The van der Waals surface area contributed by atoms with Crippen LogP contribution in [0.3, 0.4) is 0 Å². The van der Waals surface area contributed by atoms with Gasteiger partial charge in [0.05, 0.1) is 19.3 Å². The summed E-state index contributed by atoms with van der Waals surface area (Å²) in [5.41, 5.74) is 0. The first-order valence-electron chi connectivity index (χ1n) is 5.34. The van der Waals surface area contributed by atoms with Gasteiger partial charge in [-0.05, 0) is 18.5 Å². The Balaban J connectivity index is 1.89. The van der Waals surface area contributed by atoms with Crippen molar-refractivity contribution in [2.24, 2.45) is 0 Å². The number of hydrogen-bond acceptors (Lipinski definition) is 4. The zero-order valence-corrected chi connectivity index (χ0v) is 9.63. The van der Waals surface area contributed by atoms with Crippen molar-refractivity contribution in [1.29, 1.82) is 0 Å². The third-order valence-corrected chi connectivity index (χ3v) is 3.57. The first-order chi connectivity index (χ1) is 7.13. The molecule has 2 rings (SSSR count). The molecule has 0 aliphatic carbocycles. The summed E-state index contributed by atoms with van der Waals surface area (Å²) in [5, 5.41) is -0.292. The summed E-state index contributed by atoms with van der Waals surface area (Å²) in [7, 11) is 0. The monoisotopic (exact) mass is 233 g/mol. The fraction of sp³-hybridized carbons (Fsp3) is 0.900. The molecule has 1 atom stereocenters. The molecule has 2 aliphatic heterocycles. The quantitative estimate of drug-likeness (QED) is 0.667. The molecule has 2 fully saturated rings. The molecular formula is C10H16ClNO3. The maximum absolute atomic E-state index is 11.0. The summed E-state index contributed by atoms with van der Waals surface area (Å²) >= 11 is 5.47. The number of piperidine rings is 1. The Labute approximate surface area is 94.5 Å². The minimum Gasteiger partial charge on any atom is -0.347 e. The van der Waals surface area contributed by atoms with E-state index in [1.165, 1.54) is 0 Å². The Morgan fingerprint density at radius 3 is 2.33 bits per heavy atom. The number of ether oxygens (including phenoxy) is 2. The number of carbonyl (C=O) groups excluding carboxylic acids is 1. The lowest BCUT2D eigenvalue weighted by atomic mass is 10.0. The topological polar surface area (TPSA) is 38.8 Å². The van der Waals surface area contributed by atoms with Crippen LogP contribution in [0, 0.1) is 0 Å². The largest absolute Gasteiger partial charge is 0.347 e. The molecule has 0 saturated carbocycles. The van der Waals surface area contributed by atoms with Gasteiger partial charge in [-0.25, -0.2) is 0 Å². The SMILES string of the molecule is CC(C(=O)Cl)N1CCC2(CC1)OCCO2. The van der Waals surface area contributed by atoms with Crippen molar-refractivity contribution >= 4 is 16.8 Å². The molecular weight excluding hydrogens is 218 g/mol. The van der Waals surface area contributed by atoms with Crippen molar-refractivity contribution in [3.05, 3.63) is 0 Å². The van der Waals surface area contributed by atoms with E-state index in [0.29, 0.717) is 13.2 Å². The standard InChI is InChI=1S/C10H16ClNO3/c1-8(9(11)13)12-4-2-10(3-5-12)14-6-7-15-10/h8H,2-7H2,1H3. The number of nitrogens with zero attached hydrogens (tertiary/aromatic N) is 1. The highest BCUT2D eigenvalue weighted by atomic mass is 35.5. The van der Waals surface area contributed by atoms with Crippen molar-refractivity contribution in [2.45, 2.75) is 31.6 Å². The van der Waals surface area contributed by atoms with E-state index >= 15 is 0 Å². The highest BCUT2D eigenvalue weighted by molar-refractivity contribution is 6.64. The molecule has 86 valence electrons. The van der Waals surface area contributed by atoms with Crippen LogP contribution in [-0.2, 0) is 14.3 Å². The lowest BCUT2D eigenvalue weighted by Gasteiger charge is -2.39. The first-order valence-corrected chi connectivity index (χ1v) is 5.72. The number of carbonyl (C=O) groups is 1. The Morgan fingerprint density at radius 1 is 1.33 bits per heavy atom. The minimum absolute atomic E-state index is 0.203. The molecule has 0 aromatic carbocycles. The number of likely N-dealkylation sites (tertiary alicyclic amines) is 1. The lowest BCUT2D eigenvalue weighted by molar-refractivity contribution is -0.187. The highest BCUT2D eigenvalue weighted by Gasteiger charge is 2.41. The van der Waals surface area contributed by atoms with E-state index in [9.17, 15) is 4.79 Å². The summed E-state index contributed by atoms with van der Waals surface area (Å²) in [6.45, 7) is 4.82. The van der Waals surface area contributed by atoms with E-state index in [4.69, 9.17) is 21.1 Å². The smallest absolute Gasteiger partial charge is 0.238 e. The average molecular weight is 234 g/mol. The molecule has 0 radical (unpaired) electrons. The fourth-order valence-electron chi connectivity index (χ4n) is 2.18. The van der Waals surface area contributed by atoms with Gasteiger partial charge in [0, 0.05) is 25.9 Å². The summed E-state index contributed by atoms with van der Waals surface area (Å²) in [4.78, 5) is 13.1. The molecule has 0 bridgehead atoms. The zero-order chi connectivity index (χ0) is 10.9. The van der Waals surface area contributed by atoms with Gasteiger partial charge in [-0.1, -0.05) is 0 Å². The summed E-state index contributed by atoms with van der Waals surface area (Å²) in [6.07, 6.45) is 1.64. The molecule has 0 aromatic heterocycles. The van der Waals surface area contributed by atoms with Crippen LogP contribution < -0.4 is 0 Å². The van der Waals surface area contributed by atoms with Crippen molar-refractivity contribution in [3.63, 3.8) is 0 Å². The van der Waals surface area contributed by atoms with Crippen LogP contribution in [0.1, 0.15) is 19.8 Å². The van der Waals surface area contributed by atoms with E-state index < -0.39 is 0 Å². The van der Waals surface area contributed by atoms with Crippen molar-refractivity contribution < 1.29 is 14.3 Å². The second-order valence-electron chi connectivity index (χ2n) is 4.12. The third kappa shape index (κ3) is 2.33. The van der Waals surface area contributed by atoms with Crippen LogP contribution in [0.15, 0.2) is 0 Å². The first kappa shape index (κ1) is 11.3. The van der Waals surface area contributed by atoms with E-state index in [1.807, 2.05) is 6.92 Å². The van der Waals surface area contributed by atoms with Gasteiger partial charge < -0.3 is 9.47 Å². The normalized spacial score (nSPS) is 28.1. The van der Waals surface area contributed by atoms with E-state index in [0.717, 1.165) is 25.9 Å². The maximum Gasteiger partial charge on any atom is 0.238 e. The molecule has 4 nitrogen and oxygen atoms in total. The molecule has 0 N–H and O–H groups in total. The molecule has 2 saturated heterocycles. The second-order valence-corrected chi connectivity index (χ2v) is 4.50. The van der Waals surface area contributed by atoms with Crippen molar-refractivity contribution in [2.75, 3.05) is 26.3 Å². The lowest BCUT2D eigenvalue weighted by Crippen LogP contribution is -2.49. The van der Waals surface area contributed by atoms with Crippen molar-refractivity contribution in [1.82, 2.24) is 4.90 Å². The van der Waals surface area contributed by atoms with E-state index in [1.54, 1.807) is 0 Å². The number of hydrogen-bond donors (Lipinski definition) is 0. The molecule has 0 amide bonds. The summed E-state index contributed by atoms with van der Waals surface area (Å²) < 4.78 is 11.2. The summed E-state index contributed by atoms with van der Waals surface area (Å²) in [6, 6.07) is -0.203. The number of halogens is 1. The van der Waals surface area contributed by atoms with Gasteiger partial charge in [0.1, 0.15) is 0 Å². The maximum atomic E-state index is 11.0. The zero-order valence-electron chi connectivity index (χ0n) is 8.87. The van der Waals surface area contributed by atoms with Gasteiger partial charge >= 0.3 is 0 Å². The molecule has 2 aliphatic rings. The van der Waals surface area contributed by atoms with Gasteiger partial charge in [-0.3, -0.25) is 9.69 Å². The second kappa shape index (κ2) is 4.37. The van der Waals surface area contributed by atoms with Crippen LogP contribution in [-0.4, -0.2) is 48.3 Å². The molecule has 0 aromatic rings. The number of rotatable bonds is 2. The van der Waals surface area contributed by atoms with Crippen LogP contribution in [0.5, 0.6) is 0 Å². The molecule has 2 heterocycles. The summed E-state index contributed by atoms with van der Waals surface area (Å²) in [5.74, 6) is -0.369. The minimum atomic E-state index is -0.369. The average Bonchev–Trinajstić information content (AvgIpc) is 2.67. The van der Waals surface area contributed by atoms with Crippen LogP contribution >= 0.6 is 11.6 Å². The van der Waals surface area contributed by atoms with Crippen LogP contribution in [0.25, 0.3) is 0 Å². The van der Waals surface area contributed by atoms with Gasteiger partial charge in [-0.2, -0.15) is 0 Å². The van der Waals surface area contributed by atoms with E-state index in [-0.39, 0.29) is 17.1 Å². The van der Waals surface area contributed by atoms with Gasteiger partial charge in [0.2, 0.25) is 5.24 Å².